The molecule has 2 heteroatoms. The zero-order valence-electron chi connectivity index (χ0n) is 11.7. The molecule has 3 unspecified atom stereocenters. The summed E-state index contributed by atoms with van der Waals surface area (Å²) in [6.45, 7) is 6.93. The molecule has 1 nitrogen and oxygen atoms in total. The average Bonchev–Trinajstić information content (AvgIpc) is 2.51. The molecule has 2 N–H and O–H groups in total. The maximum atomic E-state index is 6.52. The molecule has 0 aromatic heterocycles. The van der Waals surface area contributed by atoms with Crippen LogP contribution in [0.2, 0.25) is 0 Å². The van der Waals surface area contributed by atoms with Crippen molar-refractivity contribution >= 4 is 11.8 Å². The monoisotopic (exact) mass is 263 g/mol. The molecule has 0 amide bonds. The Morgan fingerprint density at radius 1 is 1.22 bits per heavy atom. The van der Waals surface area contributed by atoms with E-state index in [1.165, 1.54) is 30.4 Å². The zero-order valence-corrected chi connectivity index (χ0v) is 12.5. The van der Waals surface area contributed by atoms with Crippen LogP contribution >= 0.6 is 11.8 Å². The van der Waals surface area contributed by atoms with Crippen molar-refractivity contribution in [2.75, 3.05) is 0 Å². The predicted octanol–water partition coefficient (Wildman–Crippen LogP) is 4.17. The normalized spacial score (nSPS) is 25.6. The van der Waals surface area contributed by atoms with Crippen LogP contribution in [0.5, 0.6) is 0 Å². The zero-order chi connectivity index (χ0) is 13.1. The molecule has 0 spiro atoms. The fourth-order valence-electron chi connectivity index (χ4n) is 2.55. The minimum Gasteiger partial charge on any atom is -0.323 e. The first-order chi connectivity index (χ1) is 8.59. The summed E-state index contributed by atoms with van der Waals surface area (Å²) >= 11 is 2.09. The molecule has 0 radical (unpaired) electrons. The molecule has 18 heavy (non-hydrogen) atoms. The van der Waals surface area contributed by atoms with E-state index in [0.29, 0.717) is 10.5 Å². The second-order valence-electron chi connectivity index (χ2n) is 5.74. The van der Waals surface area contributed by atoms with Crippen LogP contribution in [-0.2, 0) is 6.42 Å². The third-order valence-electron chi connectivity index (χ3n) is 4.08. The lowest BCUT2D eigenvalue weighted by Gasteiger charge is -2.27. The van der Waals surface area contributed by atoms with Crippen molar-refractivity contribution in [2.24, 2.45) is 11.7 Å². The van der Waals surface area contributed by atoms with Crippen molar-refractivity contribution in [3.63, 3.8) is 0 Å². The van der Waals surface area contributed by atoms with E-state index in [1.807, 2.05) is 0 Å². The van der Waals surface area contributed by atoms with Gasteiger partial charge in [0.1, 0.15) is 0 Å². The van der Waals surface area contributed by atoms with E-state index in [4.69, 9.17) is 5.73 Å². The first-order valence-electron chi connectivity index (χ1n) is 7.08. The van der Waals surface area contributed by atoms with Gasteiger partial charge in [0.2, 0.25) is 0 Å². The number of aryl methyl sites for hydroxylation is 1. The molecule has 1 aliphatic rings. The van der Waals surface area contributed by atoms with Gasteiger partial charge in [-0.15, -0.1) is 0 Å². The second-order valence-corrected chi connectivity index (χ2v) is 7.36. The summed E-state index contributed by atoms with van der Waals surface area (Å²) < 4.78 is 0. The van der Waals surface area contributed by atoms with E-state index < -0.39 is 0 Å². The average molecular weight is 263 g/mol. The van der Waals surface area contributed by atoms with Crippen LogP contribution < -0.4 is 5.73 Å². The maximum absolute atomic E-state index is 6.52. The topological polar surface area (TPSA) is 26.0 Å². The predicted molar refractivity (Wildman–Crippen MR) is 82.0 cm³/mol. The first-order valence-corrected chi connectivity index (χ1v) is 8.02. The Bertz CT molecular complexity index is 388. The molecule has 1 aromatic rings. The lowest BCUT2D eigenvalue weighted by molar-refractivity contribution is 0.605. The molecule has 100 valence electrons. The molecule has 1 aliphatic carbocycles. The minimum atomic E-state index is 0.204. The number of benzene rings is 1. The van der Waals surface area contributed by atoms with Gasteiger partial charge >= 0.3 is 0 Å². The Labute approximate surface area is 116 Å². The van der Waals surface area contributed by atoms with E-state index >= 15 is 0 Å². The molecule has 0 aliphatic heterocycles. The maximum Gasteiger partial charge on any atom is 0.0418 e. The summed E-state index contributed by atoms with van der Waals surface area (Å²) in [5.74, 6) is 0.723. The molecular weight excluding hydrogens is 238 g/mol. The van der Waals surface area contributed by atoms with E-state index in [2.05, 4.69) is 56.8 Å². The summed E-state index contributed by atoms with van der Waals surface area (Å²) in [4.78, 5) is 0. The van der Waals surface area contributed by atoms with Gasteiger partial charge in [0.25, 0.3) is 0 Å². The van der Waals surface area contributed by atoms with Crippen LogP contribution in [0.4, 0.5) is 0 Å². The summed E-state index contributed by atoms with van der Waals surface area (Å²) in [6.07, 6.45) is 3.71. The van der Waals surface area contributed by atoms with E-state index in [-0.39, 0.29) is 6.04 Å². The third kappa shape index (κ3) is 3.10. The van der Waals surface area contributed by atoms with E-state index in [9.17, 15) is 0 Å². The quantitative estimate of drug-likeness (QED) is 0.828. The Balaban J connectivity index is 2.15. The Morgan fingerprint density at radius 3 is 2.67 bits per heavy atom. The smallest absolute Gasteiger partial charge is 0.0418 e. The SMILES string of the molecule is CC(C)C(C)SC1CCCc2ccccc2C1N. The van der Waals surface area contributed by atoms with Gasteiger partial charge in [0.15, 0.2) is 0 Å². The summed E-state index contributed by atoms with van der Waals surface area (Å²) in [5, 5.41) is 1.26. The number of hydrogen-bond acceptors (Lipinski definition) is 2. The van der Waals surface area contributed by atoms with Crippen molar-refractivity contribution in [3.05, 3.63) is 35.4 Å². The standard InChI is InChI=1S/C16H25NS/c1-11(2)12(3)18-15-10-6-8-13-7-4-5-9-14(13)16(15)17/h4-5,7,9,11-12,15-16H,6,8,10,17H2,1-3H3. The van der Waals surface area contributed by atoms with Gasteiger partial charge in [-0.3, -0.25) is 0 Å². The molecule has 2 rings (SSSR count). The van der Waals surface area contributed by atoms with Crippen molar-refractivity contribution in [1.29, 1.82) is 0 Å². The highest BCUT2D eigenvalue weighted by Gasteiger charge is 2.27. The van der Waals surface area contributed by atoms with Gasteiger partial charge in [-0.25, -0.2) is 0 Å². The third-order valence-corrected chi connectivity index (χ3v) is 5.93. The number of thioether (sulfide) groups is 1. The van der Waals surface area contributed by atoms with Crippen LogP contribution in [0.3, 0.4) is 0 Å². The fraction of sp³-hybridized carbons (Fsp3) is 0.625. The Morgan fingerprint density at radius 2 is 1.94 bits per heavy atom. The highest BCUT2D eigenvalue weighted by Crippen LogP contribution is 2.37. The van der Waals surface area contributed by atoms with Crippen molar-refractivity contribution < 1.29 is 0 Å². The van der Waals surface area contributed by atoms with E-state index in [0.717, 1.165) is 5.92 Å². The molecule has 0 saturated carbocycles. The molecule has 0 bridgehead atoms. The van der Waals surface area contributed by atoms with Crippen LogP contribution in [0.1, 0.15) is 50.8 Å². The van der Waals surface area contributed by atoms with Gasteiger partial charge in [0, 0.05) is 16.5 Å². The van der Waals surface area contributed by atoms with Crippen LogP contribution in [-0.4, -0.2) is 10.5 Å². The Hall–Kier alpha value is -0.470. The lowest BCUT2D eigenvalue weighted by Crippen LogP contribution is -2.26. The van der Waals surface area contributed by atoms with Gasteiger partial charge < -0.3 is 5.73 Å². The highest BCUT2D eigenvalue weighted by atomic mass is 32.2. The molecule has 1 aromatic carbocycles. The molecule has 3 atom stereocenters. The second kappa shape index (κ2) is 6.12. The summed E-state index contributed by atoms with van der Waals surface area (Å²) in [5.41, 5.74) is 9.36. The van der Waals surface area contributed by atoms with Gasteiger partial charge in [-0.1, -0.05) is 45.0 Å². The summed E-state index contributed by atoms with van der Waals surface area (Å²) in [7, 11) is 0. The van der Waals surface area contributed by atoms with E-state index in [1.54, 1.807) is 0 Å². The lowest BCUT2D eigenvalue weighted by atomic mass is 10.00. The fourth-order valence-corrected chi connectivity index (χ4v) is 4.03. The van der Waals surface area contributed by atoms with Crippen LogP contribution in [0.15, 0.2) is 24.3 Å². The van der Waals surface area contributed by atoms with Crippen LogP contribution in [0.25, 0.3) is 0 Å². The Kier molecular flexibility index (Phi) is 4.74. The minimum absolute atomic E-state index is 0.204. The molecule has 0 saturated heterocycles. The molecule has 0 heterocycles. The van der Waals surface area contributed by atoms with Crippen LogP contribution in [0, 0.1) is 5.92 Å². The first kappa shape index (κ1) is 14.0. The number of hydrogen-bond donors (Lipinski definition) is 1. The van der Waals surface area contributed by atoms with Crippen molar-refractivity contribution in [1.82, 2.24) is 0 Å². The highest BCUT2D eigenvalue weighted by molar-refractivity contribution is 8.00. The largest absolute Gasteiger partial charge is 0.323 e. The van der Waals surface area contributed by atoms with Crippen molar-refractivity contribution in [2.45, 2.75) is 56.6 Å². The molecule has 0 fully saturated rings. The number of rotatable bonds is 3. The van der Waals surface area contributed by atoms with Gasteiger partial charge in [-0.2, -0.15) is 11.8 Å². The van der Waals surface area contributed by atoms with Crippen molar-refractivity contribution in [3.8, 4) is 0 Å². The molecular formula is C16H25NS. The number of nitrogens with two attached hydrogens (primary N) is 1. The van der Waals surface area contributed by atoms with Gasteiger partial charge in [-0.05, 0) is 36.3 Å². The summed E-state index contributed by atoms with van der Waals surface area (Å²) in [6, 6.07) is 8.93. The number of fused-ring (bicyclic) bond motifs is 1. The van der Waals surface area contributed by atoms with Gasteiger partial charge in [0.05, 0.1) is 0 Å².